The number of nitrogens with zero attached hydrogens (tertiary/aromatic N) is 1. The Bertz CT molecular complexity index is 2170. The van der Waals surface area contributed by atoms with Crippen molar-refractivity contribution in [3.05, 3.63) is 120 Å². The van der Waals surface area contributed by atoms with Crippen molar-refractivity contribution in [2.24, 2.45) is 17.6 Å². The van der Waals surface area contributed by atoms with Crippen molar-refractivity contribution >= 4 is 28.0 Å². The van der Waals surface area contributed by atoms with Crippen molar-refractivity contribution in [3.63, 3.8) is 0 Å². The lowest BCUT2D eigenvalue weighted by atomic mass is 9.92. The minimum absolute atomic E-state index is 0.0483. The zero-order valence-corrected chi connectivity index (χ0v) is 40.5. The molecule has 1 atom stereocenters. The first-order valence-corrected chi connectivity index (χ1v) is 23.1. The number of carbonyl (C=O) groups is 1. The molecule has 0 bridgehead atoms. The van der Waals surface area contributed by atoms with E-state index < -0.39 is 30.7 Å². The van der Waals surface area contributed by atoms with Gasteiger partial charge in [0.2, 0.25) is 0 Å². The van der Waals surface area contributed by atoms with Crippen molar-refractivity contribution in [2.75, 3.05) is 26.3 Å². The lowest BCUT2D eigenvalue weighted by Gasteiger charge is -2.33. The molecule has 0 amide bonds. The molecule has 6 nitrogen and oxygen atoms in total. The molecular weight excluding hydrogens is 874 g/mol. The number of rotatable bonds is 16. The van der Waals surface area contributed by atoms with Crippen LogP contribution < -0.4 is 15.2 Å². The van der Waals surface area contributed by atoms with Crippen LogP contribution in [0.15, 0.2) is 86.0 Å². The number of benzene rings is 4. The number of alkyl halides is 6. The second-order valence-electron chi connectivity index (χ2n) is 16.7. The molecule has 0 aromatic heterocycles. The normalized spacial score (nSPS) is 13.7. The maximum Gasteiger partial charge on any atom is 0.391 e. The molecule has 1 heterocycles. The highest BCUT2D eigenvalue weighted by atomic mass is 19.4. The van der Waals surface area contributed by atoms with Gasteiger partial charge in [-0.25, -0.2) is 4.39 Å². The number of carboxylic acids is 1. The number of likely N-dealkylation sites (tertiary alicyclic amines) is 1. The predicted molar refractivity (Wildman–Crippen MR) is 261 cm³/mol. The standard InChI is InChI=1S/C30H34F3NO4.C12H14FN.C9H18.C3H5F3/c1-3-37-26-17-20(19-34-15-13-22(14-16-34)30(31,32)33)18-27(38-4-2)29(26)25-10-6-8-23-21(11-12-28(35)36)7-5-9-24(23)25;1-7(2)10-5-8(3)12(9(4)14)11(13)6-10;1-4-6-7-8-9(3)5-2;1-2-3(4,5)6/h5-10,17-18,22H,3-4,11-16,19H2,1-2H3,(H,35,36);5-6H,1,4,14H2,2-3H3;7-9H,4-6H2,1-3H3;2H2,1H3/b;;8-7-;. The first-order chi connectivity index (χ1) is 31.5. The van der Waals surface area contributed by atoms with Gasteiger partial charge in [0.25, 0.3) is 0 Å². The predicted octanol–water partition coefficient (Wildman–Crippen LogP) is 15.5. The Labute approximate surface area is 393 Å². The number of piperidine rings is 1. The van der Waals surface area contributed by atoms with E-state index in [9.17, 15) is 40.6 Å². The summed E-state index contributed by atoms with van der Waals surface area (Å²) in [5.74, 6) is -0.323. The van der Waals surface area contributed by atoms with Gasteiger partial charge in [-0.05, 0) is 129 Å². The molecule has 67 heavy (non-hydrogen) atoms. The monoisotopic (exact) mass is 945 g/mol. The van der Waals surface area contributed by atoms with Gasteiger partial charge in [-0.1, -0.05) is 114 Å². The molecule has 370 valence electrons. The topological polar surface area (TPSA) is 85.0 Å². The van der Waals surface area contributed by atoms with Gasteiger partial charge >= 0.3 is 18.3 Å². The van der Waals surface area contributed by atoms with Gasteiger partial charge in [0.15, 0.2) is 0 Å². The number of carboxylic acid groups (broad SMARTS) is 1. The molecule has 1 unspecified atom stereocenters. The molecule has 3 N–H and O–H groups in total. The molecule has 4 aromatic carbocycles. The number of allylic oxidation sites excluding steroid dienone is 3. The minimum Gasteiger partial charge on any atom is -0.493 e. The number of ether oxygens (including phenoxy) is 2. The highest BCUT2D eigenvalue weighted by Crippen LogP contribution is 2.44. The zero-order valence-electron chi connectivity index (χ0n) is 40.5. The Hall–Kier alpha value is -5.30. The van der Waals surface area contributed by atoms with Gasteiger partial charge in [-0.2, -0.15) is 26.3 Å². The molecule has 1 fully saturated rings. The van der Waals surface area contributed by atoms with Crippen LogP contribution >= 0.6 is 0 Å². The number of fused-ring (bicyclic) bond motifs is 1. The summed E-state index contributed by atoms with van der Waals surface area (Å²) in [4.78, 5) is 13.2. The van der Waals surface area contributed by atoms with Crippen LogP contribution in [0.4, 0.5) is 30.7 Å². The summed E-state index contributed by atoms with van der Waals surface area (Å²) in [5.41, 5.74) is 12.2. The number of nitrogens with two attached hydrogens (primary N) is 1. The summed E-state index contributed by atoms with van der Waals surface area (Å²) in [6.07, 6.45) is 0.242. The van der Waals surface area contributed by atoms with E-state index in [0.717, 1.165) is 62.6 Å². The summed E-state index contributed by atoms with van der Waals surface area (Å²) < 4.78 is 97.4. The number of hydrogen-bond donors (Lipinski definition) is 2. The van der Waals surface area contributed by atoms with Crippen LogP contribution in [0.1, 0.15) is 121 Å². The highest BCUT2D eigenvalue weighted by Gasteiger charge is 2.41. The molecule has 0 radical (unpaired) electrons. The van der Waals surface area contributed by atoms with E-state index in [-0.39, 0.29) is 30.8 Å². The van der Waals surface area contributed by atoms with Gasteiger partial charge in [-0.3, -0.25) is 9.69 Å². The molecule has 0 aliphatic carbocycles. The first kappa shape index (κ1) is 57.8. The molecule has 1 saturated heterocycles. The summed E-state index contributed by atoms with van der Waals surface area (Å²) in [6, 6.07) is 19.1. The quantitative estimate of drug-likeness (QED) is 0.0860. The van der Waals surface area contributed by atoms with Crippen LogP contribution in [0.3, 0.4) is 0 Å². The Morgan fingerprint density at radius 3 is 1.94 bits per heavy atom. The lowest BCUT2D eigenvalue weighted by molar-refractivity contribution is -0.185. The average molecular weight is 945 g/mol. The summed E-state index contributed by atoms with van der Waals surface area (Å²) in [7, 11) is 0. The van der Waals surface area contributed by atoms with Crippen molar-refractivity contribution in [1.29, 1.82) is 0 Å². The largest absolute Gasteiger partial charge is 0.493 e. The fourth-order valence-corrected chi connectivity index (χ4v) is 7.30. The Balaban J connectivity index is 0.000000430. The number of hydrogen-bond acceptors (Lipinski definition) is 5. The van der Waals surface area contributed by atoms with Crippen LogP contribution in [0, 0.1) is 24.6 Å². The minimum atomic E-state index is -4.13. The summed E-state index contributed by atoms with van der Waals surface area (Å²) in [5, 5.41) is 11.1. The Morgan fingerprint density at radius 2 is 1.48 bits per heavy atom. The molecule has 13 heteroatoms. The van der Waals surface area contributed by atoms with E-state index in [1.165, 1.54) is 25.3 Å². The van der Waals surface area contributed by atoms with Crippen LogP contribution in [0.2, 0.25) is 0 Å². The number of halogens is 7. The van der Waals surface area contributed by atoms with Crippen molar-refractivity contribution in [3.8, 4) is 22.6 Å². The lowest BCUT2D eigenvalue weighted by Crippen LogP contribution is -2.38. The van der Waals surface area contributed by atoms with Gasteiger partial charge in [0, 0.05) is 30.6 Å². The third-order valence-electron chi connectivity index (χ3n) is 11.1. The average Bonchev–Trinajstić information content (AvgIpc) is 3.25. The van der Waals surface area contributed by atoms with Crippen molar-refractivity contribution < 1.29 is 50.1 Å². The van der Waals surface area contributed by atoms with E-state index in [0.29, 0.717) is 56.3 Å². The molecule has 0 spiro atoms. The van der Waals surface area contributed by atoms with Gasteiger partial charge in [0.05, 0.1) is 24.7 Å². The second kappa shape index (κ2) is 28.1. The first-order valence-electron chi connectivity index (χ1n) is 23.1. The Morgan fingerprint density at radius 1 is 0.910 bits per heavy atom. The molecule has 0 saturated carbocycles. The number of aliphatic carboxylic acids is 1. The smallest absolute Gasteiger partial charge is 0.391 e. The van der Waals surface area contributed by atoms with Crippen LogP contribution in [0.5, 0.6) is 11.5 Å². The maximum absolute atomic E-state index is 13.5. The molecule has 5 rings (SSSR count). The van der Waals surface area contributed by atoms with Gasteiger partial charge in [-0.15, -0.1) is 0 Å². The van der Waals surface area contributed by atoms with E-state index >= 15 is 0 Å². The molecule has 1 aliphatic heterocycles. The zero-order chi connectivity index (χ0) is 50.5. The fourth-order valence-electron chi connectivity index (χ4n) is 7.30. The maximum atomic E-state index is 13.5. The van der Waals surface area contributed by atoms with Gasteiger partial charge in [0.1, 0.15) is 17.3 Å². The number of unbranched alkanes of at least 4 members (excludes halogenated alkanes) is 1. The number of aryl methyl sites for hydroxylation is 2. The third-order valence-corrected chi connectivity index (χ3v) is 11.1. The molecular formula is C54H71F7N2O4. The second-order valence-corrected chi connectivity index (χ2v) is 16.7. The van der Waals surface area contributed by atoms with Crippen molar-refractivity contribution in [2.45, 2.75) is 126 Å². The summed E-state index contributed by atoms with van der Waals surface area (Å²) in [6.45, 7) is 24.7. The third kappa shape index (κ3) is 19.4. The highest BCUT2D eigenvalue weighted by molar-refractivity contribution is 6.01. The van der Waals surface area contributed by atoms with Crippen molar-refractivity contribution in [1.82, 2.24) is 4.90 Å². The fraction of sp³-hybridized carbons (Fsp3) is 0.463. The van der Waals surface area contributed by atoms with E-state index in [2.05, 4.69) is 51.0 Å². The van der Waals surface area contributed by atoms with Crippen LogP contribution in [-0.4, -0.2) is 54.6 Å². The Kier molecular flexibility index (Phi) is 24.3. The van der Waals surface area contributed by atoms with Crippen LogP contribution in [0.25, 0.3) is 33.2 Å². The molecule has 1 aliphatic rings. The SMILES string of the molecule is C=C(C)c1cc(C)c(C(=C)N)c(F)c1.CCC(F)(F)F.CCC/C=C\C(C)CC.CCOc1cc(CN2CCC(C(F)(F)F)CC2)cc(OCC)c1-c1cccc2c(CCC(=O)O)cccc12. The van der Waals surface area contributed by atoms with E-state index in [4.69, 9.17) is 15.2 Å². The molecule has 4 aromatic rings. The van der Waals surface area contributed by atoms with E-state index in [1.54, 1.807) is 0 Å². The van der Waals surface area contributed by atoms with Crippen LogP contribution in [-0.2, 0) is 17.8 Å². The summed E-state index contributed by atoms with van der Waals surface area (Å²) >= 11 is 0. The van der Waals surface area contributed by atoms with E-state index in [1.807, 2.05) is 82.3 Å². The van der Waals surface area contributed by atoms with Gasteiger partial charge < -0.3 is 20.3 Å².